The highest BCUT2D eigenvalue weighted by Gasteiger charge is 2.65. The molecule has 0 atom stereocenters. The quantitative estimate of drug-likeness (QED) is 0.418. The van der Waals surface area contributed by atoms with Gasteiger partial charge in [-0.2, -0.15) is 13.2 Å². The number of hydrogen-bond donors (Lipinski definition) is 1. The normalized spacial score (nSPS) is 18.7. The lowest BCUT2D eigenvalue weighted by molar-refractivity contribution is -0.196. The van der Waals surface area contributed by atoms with Crippen molar-refractivity contribution in [3.05, 3.63) is 47.9 Å². The van der Waals surface area contributed by atoms with Gasteiger partial charge in [-0.3, -0.25) is 0 Å². The smallest absolute Gasteiger partial charge is 0.398 e. The zero-order valence-electron chi connectivity index (χ0n) is 17.5. The topological polar surface area (TPSA) is 88.2 Å². The second kappa shape index (κ2) is 7.49. The molecule has 1 aromatic carbocycles. The molecular formula is C19H17F8N5O2S. The number of piperidine rings is 1. The summed E-state index contributed by atoms with van der Waals surface area (Å²) in [6.45, 7) is -0.825. The molecule has 192 valence electrons. The molecule has 0 unspecified atom stereocenters. The maximum absolute atomic E-state index is 14.1. The lowest BCUT2D eigenvalue weighted by Crippen LogP contribution is -2.51. The predicted molar refractivity (Wildman–Crippen MR) is 108 cm³/mol. The predicted octanol–water partition coefficient (Wildman–Crippen LogP) is 5.78. The minimum atomic E-state index is -10.0. The molecule has 0 aliphatic carbocycles. The summed E-state index contributed by atoms with van der Waals surface area (Å²) in [5, 5.41) is 24.1. The second-order valence-corrected chi connectivity index (χ2v) is 10.4. The average Bonchev–Trinajstić information content (AvgIpc) is 3.27. The number of hydrogen-bond acceptors (Lipinski definition) is 7. The largest absolute Gasteiger partial charge is 0.417 e. The van der Waals surface area contributed by atoms with Gasteiger partial charge >= 0.3 is 16.4 Å². The Kier molecular flexibility index (Phi) is 5.37. The van der Waals surface area contributed by atoms with Gasteiger partial charge in [0.2, 0.25) is 5.89 Å². The minimum Gasteiger partial charge on any atom is -0.417 e. The molecule has 0 saturated carbocycles. The number of aliphatic hydroxyl groups is 1. The van der Waals surface area contributed by atoms with Gasteiger partial charge in [0, 0.05) is 13.1 Å². The van der Waals surface area contributed by atoms with Crippen molar-refractivity contribution in [3.63, 3.8) is 0 Å². The number of anilines is 1. The van der Waals surface area contributed by atoms with Gasteiger partial charge in [-0.15, -0.1) is 20.4 Å². The van der Waals surface area contributed by atoms with Gasteiger partial charge in [-0.1, -0.05) is 31.6 Å². The summed E-state index contributed by atoms with van der Waals surface area (Å²) in [7, 11) is -10.0. The first kappa shape index (κ1) is 25.1. The first-order valence-electron chi connectivity index (χ1n) is 9.96. The third-order valence-corrected chi connectivity index (χ3v) is 6.97. The lowest BCUT2D eigenvalue weighted by atomic mass is 9.72. The van der Waals surface area contributed by atoms with Crippen molar-refractivity contribution in [2.24, 2.45) is 0 Å². The van der Waals surface area contributed by atoms with Crippen LogP contribution in [0.4, 0.5) is 38.4 Å². The molecule has 0 radical (unpaired) electrons. The molecule has 16 heteroatoms. The van der Waals surface area contributed by atoms with Crippen LogP contribution in [0.25, 0.3) is 11.6 Å². The molecule has 1 fully saturated rings. The summed E-state index contributed by atoms with van der Waals surface area (Å²) in [6, 6.07) is 3.85. The summed E-state index contributed by atoms with van der Waals surface area (Å²) >= 11 is 0. The van der Waals surface area contributed by atoms with E-state index >= 15 is 0 Å². The van der Waals surface area contributed by atoms with Crippen molar-refractivity contribution in [1.82, 2.24) is 20.4 Å². The van der Waals surface area contributed by atoms with Crippen LogP contribution in [0, 0.1) is 0 Å². The standard InChI is InChI=1S/C19H17F8N5O2S/c20-19(21,22)18(12-1-3-13(4-2-12)35(23,24,25,26)27)7-9-32(10-8-18)15-6-5-14(28-29-15)17-31-30-16(11-33)34-17/h1-6,33H,7-11H2. The van der Waals surface area contributed by atoms with Gasteiger partial charge in [0.1, 0.15) is 17.2 Å². The fraction of sp³-hybridized carbons (Fsp3) is 0.368. The highest BCUT2D eigenvalue weighted by Crippen LogP contribution is 3.02. The molecule has 1 aliphatic rings. The lowest BCUT2D eigenvalue weighted by Gasteiger charge is -2.44. The molecule has 0 bridgehead atoms. The fourth-order valence-electron chi connectivity index (χ4n) is 3.91. The molecule has 0 spiro atoms. The molecule has 35 heavy (non-hydrogen) atoms. The number of rotatable bonds is 5. The third-order valence-electron chi connectivity index (χ3n) is 5.81. The van der Waals surface area contributed by atoms with Crippen LogP contribution in [0.2, 0.25) is 0 Å². The van der Waals surface area contributed by atoms with Gasteiger partial charge in [0.25, 0.3) is 5.89 Å². The van der Waals surface area contributed by atoms with Crippen LogP contribution >= 0.6 is 10.2 Å². The van der Waals surface area contributed by atoms with E-state index in [0.717, 1.165) is 0 Å². The maximum Gasteiger partial charge on any atom is 0.398 e. The Morgan fingerprint density at radius 3 is 1.97 bits per heavy atom. The van der Waals surface area contributed by atoms with E-state index < -0.39 is 51.7 Å². The average molecular weight is 531 g/mol. The van der Waals surface area contributed by atoms with Crippen molar-refractivity contribution < 1.29 is 42.1 Å². The van der Waals surface area contributed by atoms with Gasteiger partial charge in [0.15, 0.2) is 5.82 Å². The second-order valence-electron chi connectivity index (χ2n) is 8.00. The SMILES string of the molecule is OCc1nnc(-c2ccc(N3CCC(c4ccc(S(F)(F)(F)(F)F)cc4)(C(F)(F)F)CC3)nn2)o1. The number of alkyl halides is 3. The van der Waals surface area contributed by atoms with E-state index in [0.29, 0.717) is 12.1 Å². The highest BCUT2D eigenvalue weighted by molar-refractivity contribution is 8.45. The Morgan fingerprint density at radius 2 is 1.51 bits per heavy atom. The summed E-state index contributed by atoms with van der Waals surface area (Å²) in [6.07, 6.45) is -5.92. The zero-order chi connectivity index (χ0) is 25.8. The van der Waals surface area contributed by atoms with Crippen LogP contribution in [0.1, 0.15) is 24.3 Å². The Labute approximate surface area is 192 Å². The molecule has 3 heterocycles. The molecule has 7 nitrogen and oxygen atoms in total. The summed E-state index contributed by atoms with van der Waals surface area (Å²) < 4.78 is 112. The Morgan fingerprint density at radius 1 is 0.886 bits per heavy atom. The van der Waals surface area contributed by atoms with Crippen molar-refractivity contribution in [1.29, 1.82) is 0 Å². The molecule has 1 aliphatic heterocycles. The van der Waals surface area contributed by atoms with Gasteiger partial charge < -0.3 is 14.4 Å². The van der Waals surface area contributed by atoms with Gasteiger partial charge in [0.05, 0.1) is 5.41 Å². The Hall–Kier alpha value is -3.01. The number of halogens is 8. The number of benzene rings is 1. The Balaban J connectivity index is 1.55. The van der Waals surface area contributed by atoms with E-state index in [2.05, 4.69) is 20.4 Å². The van der Waals surface area contributed by atoms with E-state index in [1.54, 1.807) is 0 Å². The molecule has 1 N–H and O–H groups in total. The van der Waals surface area contributed by atoms with Crippen molar-refractivity contribution in [2.45, 2.75) is 35.9 Å². The summed E-state index contributed by atoms with van der Waals surface area (Å²) in [4.78, 5) is -0.734. The van der Waals surface area contributed by atoms with Gasteiger partial charge in [-0.05, 0) is 42.7 Å². The van der Waals surface area contributed by atoms with Crippen LogP contribution < -0.4 is 4.90 Å². The highest BCUT2D eigenvalue weighted by atomic mass is 32.5. The van der Waals surface area contributed by atoms with Crippen molar-refractivity contribution in [2.75, 3.05) is 18.0 Å². The van der Waals surface area contributed by atoms with E-state index in [4.69, 9.17) is 9.52 Å². The van der Waals surface area contributed by atoms with Crippen LogP contribution in [-0.4, -0.2) is 44.8 Å². The number of nitrogens with zero attached hydrogens (tertiary/aromatic N) is 5. The van der Waals surface area contributed by atoms with Crippen LogP contribution in [-0.2, 0) is 12.0 Å². The van der Waals surface area contributed by atoms with Crippen molar-refractivity contribution >= 4 is 16.0 Å². The fourth-order valence-corrected chi connectivity index (χ4v) is 4.56. The third kappa shape index (κ3) is 4.89. The molecule has 2 aromatic heterocycles. The van der Waals surface area contributed by atoms with Crippen LogP contribution in [0.3, 0.4) is 0 Å². The molecule has 0 amide bonds. The first-order valence-corrected chi connectivity index (χ1v) is 11.9. The first-order chi connectivity index (χ1) is 16.0. The van der Waals surface area contributed by atoms with E-state index in [-0.39, 0.29) is 48.5 Å². The minimum absolute atomic E-state index is 0.000679. The monoisotopic (exact) mass is 531 g/mol. The Bertz CT molecular complexity index is 1210. The van der Waals surface area contributed by atoms with E-state index in [1.165, 1.54) is 17.0 Å². The van der Waals surface area contributed by atoms with Crippen LogP contribution in [0.5, 0.6) is 0 Å². The molecular weight excluding hydrogens is 514 g/mol. The maximum atomic E-state index is 14.1. The molecule has 1 saturated heterocycles. The summed E-state index contributed by atoms with van der Waals surface area (Å²) in [5.41, 5.74) is -2.86. The molecule has 4 rings (SSSR count). The number of aromatic nitrogens is 4. The van der Waals surface area contributed by atoms with Crippen molar-refractivity contribution in [3.8, 4) is 11.6 Å². The molecule has 3 aromatic rings. The van der Waals surface area contributed by atoms with E-state index in [1.807, 2.05) is 0 Å². The van der Waals surface area contributed by atoms with Crippen LogP contribution in [0.15, 0.2) is 45.7 Å². The zero-order valence-corrected chi connectivity index (χ0v) is 18.3. The number of aliphatic hydroxyl groups excluding tert-OH is 1. The van der Waals surface area contributed by atoms with Gasteiger partial charge in [-0.25, -0.2) is 0 Å². The van der Waals surface area contributed by atoms with E-state index in [9.17, 15) is 32.6 Å². The summed E-state index contributed by atoms with van der Waals surface area (Å²) in [5.74, 6) is 0.180.